The van der Waals surface area contributed by atoms with Gasteiger partial charge in [0.2, 0.25) is 5.13 Å². The van der Waals surface area contributed by atoms with Gasteiger partial charge < -0.3 is 9.15 Å². The number of methoxy groups -OCH3 is 1. The molecule has 0 saturated carbocycles. The van der Waals surface area contributed by atoms with Crippen molar-refractivity contribution in [3.05, 3.63) is 59.3 Å². The van der Waals surface area contributed by atoms with Crippen LogP contribution in [0, 0.1) is 13.8 Å². The molecular weight excluding hydrogens is 412 g/mol. The van der Waals surface area contributed by atoms with Gasteiger partial charge in [-0.1, -0.05) is 6.07 Å². The lowest BCUT2D eigenvalue weighted by molar-refractivity contribution is 0.402. The smallest absolute Gasteiger partial charge is 0.266 e. The minimum absolute atomic E-state index is 0.0563. The molecule has 3 aromatic heterocycles. The zero-order valence-electron chi connectivity index (χ0n) is 15.9. The topological polar surface area (TPSA) is 99.2 Å². The second-order valence-corrected chi connectivity index (χ2v) is 8.82. The van der Waals surface area contributed by atoms with Gasteiger partial charge in [-0.3, -0.25) is 4.72 Å². The zero-order chi connectivity index (χ0) is 20.6. The minimum Gasteiger partial charge on any atom is -0.495 e. The Balaban J connectivity index is 1.72. The number of thiazole rings is 1. The van der Waals surface area contributed by atoms with Crippen molar-refractivity contribution in [2.45, 2.75) is 18.7 Å². The van der Waals surface area contributed by atoms with Gasteiger partial charge in [-0.25, -0.2) is 13.4 Å². The predicted octanol–water partition coefficient (Wildman–Crippen LogP) is 4.02. The second kappa shape index (κ2) is 7.37. The lowest BCUT2D eigenvalue weighted by Crippen LogP contribution is -2.17. The molecule has 0 aliphatic rings. The predicted molar refractivity (Wildman–Crippen MR) is 110 cm³/mol. The molecule has 1 aromatic carbocycles. The molecule has 0 atom stereocenters. The SMILES string of the molecule is COc1ccc(C)cc1S(=O)(=O)Nc1cc(C)nn1-c1nc(-c2ccco2)cs1. The Morgan fingerprint density at radius 3 is 2.76 bits per heavy atom. The second-order valence-electron chi connectivity index (χ2n) is 6.34. The lowest BCUT2D eigenvalue weighted by atomic mass is 10.2. The highest BCUT2D eigenvalue weighted by molar-refractivity contribution is 7.92. The van der Waals surface area contributed by atoms with E-state index in [0.717, 1.165) is 5.56 Å². The Labute approximate surface area is 171 Å². The third kappa shape index (κ3) is 3.76. The van der Waals surface area contributed by atoms with E-state index < -0.39 is 10.0 Å². The first kappa shape index (κ1) is 19.2. The van der Waals surface area contributed by atoms with Gasteiger partial charge in [0.05, 0.1) is 19.1 Å². The molecule has 3 heterocycles. The molecule has 4 rings (SSSR count). The van der Waals surface area contributed by atoms with Gasteiger partial charge >= 0.3 is 0 Å². The third-order valence-corrected chi connectivity index (χ3v) is 6.32. The Morgan fingerprint density at radius 1 is 1.21 bits per heavy atom. The minimum atomic E-state index is -3.91. The summed E-state index contributed by atoms with van der Waals surface area (Å²) in [5.74, 6) is 1.18. The molecule has 29 heavy (non-hydrogen) atoms. The first-order valence-corrected chi connectivity index (χ1v) is 11.0. The fraction of sp³-hybridized carbons (Fsp3) is 0.158. The van der Waals surface area contributed by atoms with Gasteiger partial charge in [0.15, 0.2) is 5.76 Å². The monoisotopic (exact) mass is 430 g/mol. The molecule has 0 aliphatic heterocycles. The highest BCUT2D eigenvalue weighted by atomic mass is 32.2. The zero-order valence-corrected chi connectivity index (χ0v) is 17.5. The maximum atomic E-state index is 13.1. The number of nitrogens with zero attached hydrogens (tertiary/aromatic N) is 3. The molecule has 0 radical (unpaired) electrons. The number of nitrogens with one attached hydrogen (secondary N) is 1. The maximum Gasteiger partial charge on any atom is 0.266 e. The van der Waals surface area contributed by atoms with E-state index in [1.807, 2.05) is 12.3 Å². The van der Waals surface area contributed by atoms with Gasteiger partial charge in [-0.05, 0) is 43.7 Å². The van der Waals surface area contributed by atoms with Gasteiger partial charge in [-0.2, -0.15) is 9.78 Å². The fourth-order valence-electron chi connectivity index (χ4n) is 2.80. The summed E-state index contributed by atoms with van der Waals surface area (Å²) in [6.07, 6.45) is 1.57. The first-order chi connectivity index (χ1) is 13.9. The molecule has 8 nitrogen and oxygen atoms in total. The van der Waals surface area contributed by atoms with Crippen molar-refractivity contribution in [2.75, 3.05) is 11.8 Å². The van der Waals surface area contributed by atoms with E-state index in [2.05, 4.69) is 14.8 Å². The summed E-state index contributed by atoms with van der Waals surface area (Å²) in [5.41, 5.74) is 2.10. The van der Waals surface area contributed by atoms with Crippen LogP contribution in [-0.2, 0) is 10.0 Å². The number of aryl methyl sites for hydroxylation is 2. The summed E-state index contributed by atoms with van der Waals surface area (Å²) in [5, 5.41) is 6.73. The van der Waals surface area contributed by atoms with E-state index in [9.17, 15) is 8.42 Å². The Morgan fingerprint density at radius 2 is 2.03 bits per heavy atom. The average molecular weight is 431 g/mol. The number of aromatic nitrogens is 3. The number of benzene rings is 1. The molecule has 1 N–H and O–H groups in total. The number of hydrogen-bond donors (Lipinski definition) is 1. The Bertz CT molecular complexity index is 1260. The molecule has 0 saturated heterocycles. The normalized spacial score (nSPS) is 11.6. The van der Waals surface area contributed by atoms with Crippen molar-refractivity contribution < 1.29 is 17.6 Å². The number of furan rings is 1. The molecule has 4 aromatic rings. The maximum absolute atomic E-state index is 13.1. The number of ether oxygens (including phenoxy) is 1. The Hall–Kier alpha value is -3.11. The molecule has 150 valence electrons. The van der Waals surface area contributed by atoms with E-state index in [0.29, 0.717) is 22.3 Å². The van der Waals surface area contributed by atoms with Gasteiger partial charge in [0, 0.05) is 11.4 Å². The molecule has 0 amide bonds. The van der Waals surface area contributed by atoms with Crippen molar-refractivity contribution in [3.63, 3.8) is 0 Å². The van der Waals surface area contributed by atoms with Crippen molar-refractivity contribution in [1.29, 1.82) is 0 Å². The van der Waals surface area contributed by atoms with Crippen molar-refractivity contribution >= 4 is 27.2 Å². The van der Waals surface area contributed by atoms with Crippen LogP contribution in [0.15, 0.2) is 57.4 Å². The molecule has 10 heteroatoms. The standard InChI is InChI=1S/C19H18N4O4S2/c1-12-6-7-16(26-3)17(9-12)29(24,25)22-18-10-13(2)21-23(18)19-20-14(11-28-19)15-5-4-8-27-15/h4-11,22H,1-3H3. The number of sulfonamides is 1. The van der Waals surface area contributed by atoms with Crippen molar-refractivity contribution in [1.82, 2.24) is 14.8 Å². The average Bonchev–Trinajstić information content (AvgIpc) is 3.41. The van der Waals surface area contributed by atoms with Gasteiger partial charge in [0.1, 0.15) is 22.2 Å². The first-order valence-electron chi connectivity index (χ1n) is 8.61. The van der Waals surface area contributed by atoms with Crippen LogP contribution in [0.4, 0.5) is 5.82 Å². The Kier molecular flexibility index (Phi) is 4.89. The summed E-state index contributed by atoms with van der Waals surface area (Å²) in [7, 11) is -2.48. The van der Waals surface area contributed by atoms with E-state index in [-0.39, 0.29) is 16.5 Å². The molecule has 0 aliphatic carbocycles. The van der Waals surface area contributed by atoms with Crippen LogP contribution in [0.5, 0.6) is 5.75 Å². The summed E-state index contributed by atoms with van der Waals surface area (Å²) in [4.78, 5) is 4.57. The molecule has 0 bridgehead atoms. The van der Waals surface area contributed by atoms with Crippen LogP contribution < -0.4 is 9.46 Å². The van der Waals surface area contributed by atoms with Crippen molar-refractivity contribution in [3.8, 4) is 22.3 Å². The van der Waals surface area contributed by atoms with Crippen LogP contribution in [-0.4, -0.2) is 30.3 Å². The van der Waals surface area contributed by atoms with Gasteiger partial charge in [-0.15, -0.1) is 11.3 Å². The molecule has 0 spiro atoms. The lowest BCUT2D eigenvalue weighted by Gasteiger charge is -2.12. The molecular formula is C19H18N4O4S2. The highest BCUT2D eigenvalue weighted by Crippen LogP contribution is 2.30. The van der Waals surface area contributed by atoms with Crippen LogP contribution in [0.3, 0.4) is 0 Å². The largest absolute Gasteiger partial charge is 0.495 e. The van der Waals surface area contributed by atoms with E-state index in [1.54, 1.807) is 49.6 Å². The number of anilines is 1. The van der Waals surface area contributed by atoms with Crippen molar-refractivity contribution in [2.24, 2.45) is 0 Å². The summed E-state index contributed by atoms with van der Waals surface area (Å²) in [6, 6.07) is 10.2. The summed E-state index contributed by atoms with van der Waals surface area (Å²) < 4.78 is 40.8. The van der Waals surface area contributed by atoms with Gasteiger partial charge in [0.25, 0.3) is 10.0 Å². The van der Waals surface area contributed by atoms with Crippen LogP contribution >= 0.6 is 11.3 Å². The molecule has 0 fully saturated rings. The van der Waals surface area contributed by atoms with E-state index in [4.69, 9.17) is 9.15 Å². The number of hydrogen-bond acceptors (Lipinski definition) is 7. The third-order valence-electron chi connectivity index (χ3n) is 4.13. The fourth-order valence-corrected chi connectivity index (χ4v) is 4.87. The number of rotatable bonds is 6. The van der Waals surface area contributed by atoms with E-state index >= 15 is 0 Å². The quantitative estimate of drug-likeness (QED) is 0.496. The highest BCUT2D eigenvalue weighted by Gasteiger charge is 2.23. The van der Waals surface area contributed by atoms with Crippen LogP contribution in [0.2, 0.25) is 0 Å². The van der Waals surface area contributed by atoms with Crippen LogP contribution in [0.25, 0.3) is 16.6 Å². The van der Waals surface area contributed by atoms with E-state index in [1.165, 1.54) is 23.1 Å². The summed E-state index contributed by atoms with van der Waals surface area (Å²) >= 11 is 1.33. The van der Waals surface area contributed by atoms with Crippen LogP contribution in [0.1, 0.15) is 11.3 Å². The summed E-state index contributed by atoms with van der Waals surface area (Å²) in [6.45, 7) is 3.60. The molecule has 0 unspecified atom stereocenters.